The number of benzene rings is 1. The highest BCUT2D eigenvalue weighted by molar-refractivity contribution is 7.46. The average molecular weight is 473 g/mol. The minimum Gasteiger partial charge on any atom is -0.343 e. The number of nitrogens with zero attached hydrogens (tertiary/aromatic N) is 1. The normalized spacial score (nSPS) is 18.5. The van der Waals surface area contributed by atoms with Crippen LogP contribution in [-0.2, 0) is 13.9 Å². The molecule has 1 aromatic heterocycles. The third-order valence-corrected chi connectivity index (χ3v) is 5.59. The maximum Gasteiger partial charge on any atom is 0.470 e. The molecule has 1 fully saturated rings. The minimum absolute atomic E-state index is 0.0917. The average Bonchev–Trinajstić information content (AvgIpc) is 3.30. The Morgan fingerprint density at radius 3 is 2.41 bits per heavy atom. The van der Waals surface area contributed by atoms with Gasteiger partial charge < -0.3 is 20.4 Å². The lowest BCUT2D eigenvalue weighted by atomic mass is 9.99. The fraction of sp³-hybridized carbons (Fsp3) is 0.400. The van der Waals surface area contributed by atoms with Crippen LogP contribution in [0.1, 0.15) is 36.2 Å². The molecule has 0 aliphatic carbocycles. The van der Waals surface area contributed by atoms with Gasteiger partial charge in [0.1, 0.15) is 12.8 Å². The molecule has 174 valence electrons. The van der Waals surface area contributed by atoms with E-state index in [9.17, 15) is 32.3 Å². The summed E-state index contributed by atoms with van der Waals surface area (Å²) >= 11 is 0. The first-order valence-electron chi connectivity index (χ1n) is 9.86. The maximum absolute atomic E-state index is 13.5. The Kier molecular flexibility index (Phi) is 8.02. The molecule has 12 heteroatoms. The Morgan fingerprint density at radius 2 is 1.91 bits per heavy atom. The van der Waals surface area contributed by atoms with E-state index in [-0.39, 0.29) is 11.6 Å². The summed E-state index contributed by atoms with van der Waals surface area (Å²) in [6.45, 7) is -0.434. The highest BCUT2D eigenvalue weighted by Crippen LogP contribution is 2.44. The molecule has 4 N–H and O–H groups in total. The Bertz CT molecular complexity index is 950. The molecule has 2 aromatic rings. The van der Waals surface area contributed by atoms with E-state index in [0.717, 1.165) is 36.2 Å². The molecule has 1 aliphatic rings. The van der Waals surface area contributed by atoms with Crippen molar-refractivity contribution in [1.82, 2.24) is 15.6 Å². The van der Waals surface area contributed by atoms with Gasteiger partial charge in [-0.15, -0.1) is 0 Å². The molecule has 0 spiro atoms. The zero-order valence-corrected chi connectivity index (χ0v) is 17.7. The van der Waals surface area contributed by atoms with Crippen molar-refractivity contribution in [3.63, 3.8) is 0 Å². The van der Waals surface area contributed by atoms with Crippen molar-refractivity contribution in [2.24, 2.45) is 0 Å². The molecule has 32 heavy (non-hydrogen) atoms. The molecule has 8 nitrogen and oxygen atoms in total. The van der Waals surface area contributed by atoms with E-state index in [1.54, 1.807) is 23.6 Å². The number of amides is 1. The first-order chi connectivity index (χ1) is 15.2. The maximum atomic E-state index is 13.5. The third-order valence-electron chi connectivity index (χ3n) is 5.08. The van der Waals surface area contributed by atoms with E-state index in [0.29, 0.717) is 0 Å². The Balaban J connectivity index is 1.81. The first kappa shape index (κ1) is 24.3. The SMILES string of the molecule is O=C(NC(CF)C(OP(=O)(O)O)c1ccc(-c2ccc(C3CCCN3)nc2)cc1)C(F)F. The summed E-state index contributed by atoms with van der Waals surface area (Å²) in [5, 5.41) is 5.08. The van der Waals surface area contributed by atoms with Gasteiger partial charge >= 0.3 is 14.2 Å². The van der Waals surface area contributed by atoms with Gasteiger partial charge in [-0.05, 0) is 36.6 Å². The Labute approximate surface area is 182 Å². The zero-order chi connectivity index (χ0) is 23.3. The Morgan fingerprint density at radius 1 is 1.22 bits per heavy atom. The smallest absolute Gasteiger partial charge is 0.343 e. The summed E-state index contributed by atoms with van der Waals surface area (Å²) in [5.41, 5.74) is 2.52. The molecule has 1 aromatic carbocycles. The minimum atomic E-state index is -5.13. The van der Waals surface area contributed by atoms with E-state index in [1.807, 2.05) is 12.1 Å². The predicted molar refractivity (Wildman–Crippen MR) is 109 cm³/mol. The van der Waals surface area contributed by atoms with E-state index < -0.39 is 39.0 Å². The number of phosphoric ester groups is 1. The number of carbonyl (C=O) groups excluding carboxylic acids is 1. The molecule has 1 aliphatic heterocycles. The van der Waals surface area contributed by atoms with E-state index >= 15 is 0 Å². The largest absolute Gasteiger partial charge is 0.470 e. The van der Waals surface area contributed by atoms with Crippen LogP contribution in [0.2, 0.25) is 0 Å². The first-order valence-corrected chi connectivity index (χ1v) is 11.4. The van der Waals surface area contributed by atoms with Gasteiger partial charge in [0.05, 0.1) is 11.7 Å². The third kappa shape index (κ3) is 6.36. The number of pyridine rings is 1. The summed E-state index contributed by atoms with van der Waals surface area (Å²) in [6.07, 6.45) is -1.31. The summed E-state index contributed by atoms with van der Waals surface area (Å²) in [4.78, 5) is 34.1. The molecular weight excluding hydrogens is 450 g/mol. The fourth-order valence-corrected chi connectivity index (χ4v) is 4.10. The van der Waals surface area contributed by atoms with E-state index in [4.69, 9.17) is 0 Å². The second-order valence-electron chi connectivity index (χ2n) is 7.33. The standard InChI is InChI=1S/C20H23F3N3O5P/c21-10-17(26-20(27)19(22)23)18(31-32(28,29)30)13-5-3-12(4-6-13)14-7-8-16(25-11-14)15-2-1-9-24-15/h3-8,11,15,17-19,24H,1-2,9-10H2,(H,26,27)(H2,28,29,30). The van der Waals surface area contributed by atoms with Crippen molar-refractivity contribution in [3.8, 4) is 11.1 Å². The van der Waals surface area contributed by atoms with Crippen molar-refractivity contribution in [2.75, 3.05) is 13.2 Å². The van der Waals surface area contributed by atoms with Crippen LogP contribution >= 0.6 is 7.82 Å². The van der Waals surface area contributed by atoms with Crippen LogP contribution in [0.4, 0.5) is 13.2 Å². The molecule has 0 radical (unpaired) electrons. The molecule has 1 saturated heterocycles. The van der Waals surface area contributed by atoms with Crippen LogP contribution in [0.5, 0.6) is 0 Å². The summed E-state index contributed by atoms with van der Waals surface area (Å²) in [6, 6.07) is 8.31. The van der Waals surface area contributed by atoms with Crippen LogP contribution in [0.15, 0.2) is 42.6 Å². The van der Waals surface area contributed by atoms with Crippen molar-refractivity contribution < 1.29 is 36.8 Å². The number of rotatable bonds is 9. The highest BCUT2D eigenvalue weighted by Gasteiger charge is 2.33. The monoisotopic (exact) mass is 473 g/mol. The number of aromatic nitrogens is 1. The van der Waals surface area contributed by atoms with Gasteiger partial charge in [-0.1, -0.05) is 30.3 Å². The van der Waals surface area contributed by atoms with Gasteiger partial charge in [0.25, 0.3) is 5.91 Å². The van der Waals surface area contributed by atoms with Crippen LogP contribution in [-0.4, -0.2) is 46.4 Å². The number of phosphoric acid groups is 1. The fourth-order valence-electron chi connectivity index (χ4n) is 3.54. The summed E-state index contributed by atoms with van der Waals surface area (Å²) < 4.78 is 54.6. The van der Waals surface area contributed by atoms with Crippen LogP contribution in [0.25, 0.3) is 11.1 Å². The molecule has 0 saturated carbocycles. The van der Waals surface area contributed by atoms with Gasteiger partial charge in [0, 0.05) is 17.8 Å². The van der Waals surface area contributed by atoms with Gasteiger partial charge in [-0.25, -0.2) is 8.96 Å². The van der Waals surface area contributed by atoms with Crippen LogP contribution in [0.3, 0.4) is 0 Å². The summed E-state index contributed by atoms with van der Waals surface area (Å²) in [7, 11) is -5.13. The van der Waals surface area contributed by atoms with Gasteiger partial charge in [-0.2, -0.15) is 8.78 Å². The van der Waals surface area contributed by atoms with E-state index in [1.165, 1.54) is 12.1 Å². The quantitative estimate of drug-likeness (QED) is 0.413. The molecule has 3 unspecified atom stereocenters. The zero-order valence-electron chi connectivity index (χ0n) is 16.8. The molecule has 3 atom stereocenters. The van der Waals surface area contributed by atoms with Gasteiger partial charge in [0.2, 0.25) is 0 Å². The summed E-state index contributed by atoms with van der Waals surface area (Å²) in [5.74, 6) is -1.77. The van der Waals surface area contributed by atoms with Crippen molar-refractivity contribution in [3.05, 3.63) is 53.9 Å². The molecule has 2 heterocycles. The van der Waals surface area contributed by atoms with Crippen LogP contribution in [0, 0.1) is 0 Å². The van der Waals surface area contributed by atoms with Crippen molar-refractivity contribution in [2.45, 2.75) is 37.5 Å². The Hall–Kier alpha value is -2.30. The van der Waals surface area contributed by atoms with Crippen LogP contribution < -0.4 is 10.6 Å². The van der Waals surface area contributed by atoms with Crippen molar-refractivity contribution >= 4 is 13.7 Å². The van der Waals surface area contributed by atoms with Gasteiger partial charge in [-0.3, -0.25) is 14.3 Å². The lowest BCUT2D eigenvalue weighted by Gasteiger charge is -2.26. The molecule has 1 amide bonds. The molecular formula is C20H23F3N3O5P. The molecule has 3 rings (SSSR count). The number of alkyl halides is 3. The lowest BCUT2D eigenvalue weighted by molar-refractivity contribution is -0.133. The second kappa shape index (κ2) is 10.5. The second-order valence-corrected chi connectivity index (χ2v) is 8.52. The topological polar surface area (TPSA) is 121 Å². The lowest BCUT2D eigenvalue weighted by Crippen LogP contribution is -2.44. The number of carbonyl (C=O) groups is 1. The predicted octanol–water partition coefficient (Wildman–Crippen LogP) is 3.04. The number of halogens is 3. The van der Waals surface area contributed by atoms with E-state index in [2.05, 4.69) is 14.8 Å². The van der Waals surface area contributed by atoms with Gasteiger partial charge in [0.15, 0.2) is 0 Å². The number of hydrogen-bond donors (Lipinski definition) is 4. The van der Waals surface area contributed by atoms with Crippen molar-refractivity contribution in [1.29, 1.82) is 0 Å². The number of hydrogen-bond acceptors (Lipinski definition) is 5. The number of nitrogens with one attached hydrogen (secondary N) is 2. The highest BCUT2D eigenvalue weighted by atomic mass is 31.2. The molecule has 0 bridgehead atoms.